The van der Waals surface area contributed by atoms with Crippen LogP contribution in [0.2, 0.25) is 0 Å². The van der Waals surface area contributed by atoms with E-state index in [0.717, 1.165) is 19.4 Å². The molecular weight excluding hydrogens is 270 g/mol. The standard InChI is InChI=1S/C20H21NO/c1-15-12-18-13-20(14-21(18)19(15)22,16-8-4-2-5-9-16)17-10-6-3-7-11-17/h2-11,15,18H,12-14H2,1H3/t15-,18-/m0/s1. The Hall–Kier alpha value is -2.09. The molecule has 0 spiro atoms. The van der Waals surface area contributed by atoms with Crippen LogP contribution < -0.4 is 0 Å². The lowest BCUT2D eigenvalue weighted by Gasteiger charge is -2.31. The van der Waals surface area contributed by atoms with Crippen molar-refractivity contribution >= 4 is 5.91 Å². The molecule has 2 saturated heterocycles. The largest absolute Gasteiger partial charge is 0.338 e. The summed E-state index contributed by atoms with van der Waals surface area (Å²) in [6.45, 7) is 2.88. The van der Waals surface area contributed by atoms with Crippen molar-refractivity contribution in [2.75, 3.05) is 6.54 Å². The zero-order valence-corrected chi connectivity index (χ0v) is 12.9. The van der Waals surface area contributed by atoms with Gasteiger partial charge < -0.3 is 4.90 Å². The van der Waals surface area contributed by atoms with E-state index in [0.29, 0.717) is 11.9 Å². The van der Waals surface area contributed by atoms with Gasteiger partial charge in [0.15, 0.2) is 0 Å². The van der Waals surface area contributed by atoms with E-state index in [9.17, 15) is 4.79 Å². The van der Waals surface area contributed by atoms with E-state index in [1.165, 1.54) is 11.1 Å². The molecule has 0 N–H and O–H groups in total. The summed E-state index contributed by atoms with van der Waals surface area (Å²) >= 11 is 0. The number of fused-ring (bicyclic) bond motifs is 1. The number of benzene rings is 2. The van der Waals surface area contributed by atoms with Crippen LogP contribution in [0, 0.1) is 5.92 Å². The molecule has 2 aromatic carbocycles. The van der Waals surface area contributed by atoms with E-state index in [2.05, 4.69) is 72.5 Å². The molecule has 2 aromatic rings. The van der Waals surface area contributed by atoms with E-state index < -0.39 is 0 Å². The lowest BCUT2D eigenvalue weighted by atomic mass is 9.72. The molecule has 0 bridgehead atoms. The topological polar surface area (TPSA) is 20.3 Å². The van der Waals surface area contributed by atoms with Gasteiger partial charge in [0.05, 0.1) is 0 Å². The summed E-state index contributed by atoms with van der Waals surface area (Å²) in [6.07, 6.45) is 2.04. The summed E-state index contributed by atoms with van der Waals surface area (Å²) in [5.74, 6) is 0.522. The number of rotatable bonds is 2. The average Bonchev–Trinajstić information content (AvgIpc) is 3.07. The van der Waals surface area contributed by atoms with Crippen molar-refractivity contribution in [1.29, 1.82) is 0 Å². The number of hydrogen-bond donors (Lipinski definition) is 0. The second-order valence-corrected chi connectivity index (χ2v) is 6.77. The minimum atomic E-state index is -0.0526. The van der Waals surface area contributed by atoms with Crippen molar-refractivity contribution in [3.05, 3.63) is 71.8 Å². The highest BCUT2D eigenvalue weighted by molar-refractivity contribution is 5.82. The smallest absolute Gasteiger partial charge is 0.225 e. The van der Waals surface area contributed by atoms with Crippen molar-refractivity contribution in [2.45, 2.75) is 31.2 Å². The minimum Gasteiger partial charge on any atom is -0.338 e. The third-order valence-electron chi connectivity index (χ3n) is 5.45. The number of carbonyl (C=O) groups excluding carboxylic acids is 1. The van der Waals surface area contributed by atoms with Gasteiger partial charge >= 0.3 is 0 Å². The van der Waals surface area contributed by atoms with E-state index in [4.69, 9.17) is 0 Å². The molecule has 2 fully saturated rings. The Morgan fingerprint density at radius 3 is 2.00 bits per heavy atom. The predicted molar refractivity (Wildman–Crippen MR) is 87.6 cm³/mol. The Kier molecular flexibility index (Phi) is 3.07. The molecule has 2 aliphatic heterocycles. The lowest BCUT2D eigenvalue weighted by molar-refractivity contribution is -0.130. The summed E-state index contributed by atoms with van der Waals surface area (Å²) in [5, 5.41) is 0. The molecule has 0 aliphatic carbocycles. The van der Waals surface area contributed by atoms with Crippen LogP contribution in [0.4, 0.5) is 0 Å². The van der Waals surface area contributed by atoms with E-state index in [1.807, 2.05) is 0 Å². The van der Waals surface area contributed by atoms with Crippen molar-refractivity contribution in [1.82, 2.24) is 4.90 Å². The van der Waals surface area contributed by atoms with Crippen LogP contribution in [-0.4, -0.2) is 23.4 Å². The van der Waals surface area contributed by atoms with Gasteiger partial charge in [0.1, 0.15) is 0 Å². The Balaban J connectivity index is 1.81. The van der Waals surface area contributed by atoms with Crippen LogP contribution in [0.3, 0.4) is 0 Å². The first-order chi connectivity index (χ1) is 10.7. The number of carbonyl (C=O) groups is 1. The van der Waals surface area contributed by atoms with E-state index in [1.54, 1.807) is 0 Å². The van der Waals surface area contributed by atoms with Crippen LogP contribution in [0.5, 0.6) is 0 Å². The Bertz CT molecular complexity index is 640. The SMILES string of the molecule is C[C@H]1C[C@H]2CC(c3ccccc3)(c3ccccc3)CN2C1=O. The molecule has 2 heteroatoms. The van der Waals surface area contributed by atoms with Crippen LogP contribution in [0.1, 0.15) is 30.9 Å². The fourth-order valence-corrected chi connectivity index (χ4v) is 4.36. The van der Waals surface area contributed by atoms with Crippen LogP contribution >= 0.6 is 0 Å². The molecule has 1 amide bonds. The maximum absolute atomic E-state index is 12.5. The van der Waals surface area contributed by atoms with Gasteiger partial charge in [-0.15, -0.1) is 0 Å². The molecule has 0 saturated carbocycles. The van der Waals surface area contributed by atoms with Crippen LogP contribution in [-0.2, 0) is 10.2 Å². The van der Waals surface area contributed by atoms with Gasteiger partial charge in [0, 0.05) is 23.9 Å². The Labute approximate surface area is 131 Å². The highest BCUT2D eigenvalue weighted by Crippen LogP contribution is 2.47. The van der Waals surface area contributed by atoms with E-state index >= 15 is 0 Å². The quantitative estimate of drug-likeness (QED) is 0.827. The predicted octanol–water partition coefficient (Wildman–Crippen LogP) is 3.61. The van der Waals surface area contributed by atoms with E-state index in [-0.39, 0.29) is 11.3 Å². The van der Waals surface area contributed by atoms with Gasteiger partial charge in [-0.2, -0.15) is 0 Å². The number of amides is 1. The first-order valence-corrected chi connectivity index (χ1v) is 8.12. The molecular formula is C20H21NO. The first-order valence-electron chi connectivity index (χ1n) is 8.12. The molecule has 2 aliphatic rings. The highest BCUT2D eigenvalue weighted by atomic mass is 16.2. The third kappa shape index (κ3) is 1.90. The van der Waals surface area contributed by atoms with Gasteiger partial charge in [0.2, 0.25) is 5.91 Å². The van der Waals surface area contributed by atoms with Crippen LogP contribution in [0.25, 0.3) is 0 Å². The molecule has 0 radical (unpaired) electrons. The lowest BCUT2D eigenvalue weighted by Crippen LogP contribution is -2.35. The van der Waals surface area contributed by atoms with Crippen molar-refractivity contribution < 1.29 is 4.79 Å². The normalized spacial score (nSPS) is 26.2. The fraction of sp³-hybridized carbons (Fsp3) is 0.350. The fourth-order valence-electron chi connectivity index (χ4n) is 4.36. The monoisotopic (exact) mass is 291 g/mol. The van der Waals surface area contributed by atoms with Gasteiger partial charge in [-0.05, 0) is 24.0 Å². The van der Waals surface area contributed by atoms with Gasteiger partial charge in [0.25, 0.3) is 0 Å². The summed E-state index contributed by atoms with van der Waals surface area (Å²) in [5.41, 5.74) is 2.61. The summed E-state index contributed by atoms with van der Waals surface area (Å²) < 4.78 is 0. The third-order valence-corrected chi connectivity index (χ3v) is 5.45. The second kappa shape index (κ2) is 4.98. The highest BCUT2D eigenvalue weighted by Gasteiger charge is 2.52. The number of hydrogen-bond acceptors (Lipinski definition) is 1. The van der Waals surface area contributed by atoms with Gasteiger partial charge in [-0.3, -0.25) is 4.79 Å². The van der Waals surface area contributed by atoms with Crippen molar-refractivity contribution in [3.63, 3.8) is 0 Å². The molecule has 2 nitrogen and oxygen atoms in total. The summed E-state index contributed by atoms with van der Waals surface area (Å²) in [6, 6.07) is 21.8. The molecule has 0 unspecified atom stereocenters. The number of nitrogens with zero attached hydrogens (tertiary/aromatic N) is 1. The molecule has 2 atom stereocenters. The maximum Gasteiger partial charge on any atom is 0.225 e. The van der Waals surface area contributed by atoms with Crippen molar-refractivity contribution in [3.8, 4) is 0 Å². The molecule has 2 heterocycles. The molecule has 4 rings (SSSR count). The second-order valence-electron chi connectivity index (χ2n) is 6.77. The minimum absolute atomic E-state index is 0.0526. The molecule has 22 heavy (non-hydrogen) atoms. The zero-order chi connectivity index (χ0) is 15.2. The molecule has 112 valence electrons. The Morgan fingerprint density at radius 1 is 0.955 bits per heavy atom. The van der Waals surface area contributed by atoms with Gasteiger partial charge in [-0.25, -0.2) is 0 Å². The average molecular weight is 291 g/mol. The first kappa shape index (κ1) is 13.6. The van der Waals surface area contributed by atoms with Crippen LogP contribution in [0.15, 0.2) is 60.7 Å². The molecule has 0 aromatic heterocycles. The summed E-state index contributed by atoms with van der Waals surface area (Å²) in [4.78, 5) is 14.6. The van der Waals surface area contributed by atoms with Gasteiger partial charge in [-0.1, -0.05) is 67.6 Å². The maximum atomic E-state index is 12.5. The Morgan fingerprint density at radius 2 is 1.50 bits per heavy atom. The zero-order valence-electron chi connectivity index (χ0n) is 12.9. The summed E-state index contributed by atoms with van der Waals surface area (Å²) in [7, 11) is 0. The van der Waals surface area contributed by atoms with Crippen molar-refractivity contribution in [2.24, 2.45) is 5.92 Å².